The second-order valence-corrected chi connectivity index (χ2v) is 6.02. The molecule has 0 aliphatic carbocycles. The van der Waals surface area contributed by atoms with Crippen LogP contribution < -0.4 is 10.9 Å². The number of aromatic nitrogens is 2. The lowest BCUT2D eigenvalue weighted by atomic mass is 10.1. The fraction of sp³-hybridized carbons (Fsp3) is 0.150. The summed E-state index contributed by atoms with van der Waals surface area (Å²) in [6.45, 7) is 4.31. The monoisotopic (exact) mass is 333 g/mol. The molecule has 1 N–H and O–H groups in total. The molecule has 0 spiro atoms. The number of hydrogen-bond acceptors (Lipinski definition) is 3. The van der Waals surface area contributed by atoms with Crippen LogP contribution in [0.3, 0.4) is 0 Å². The number of carbonyl (C=O) groups excluding carboxylic acids is 1. The Morgan fingerprint density at radius 2 is 1.52 bits per heavy atom. The minimum Gasteiger partial charge on any atom is -0.321 e. The molecule has 1 amide bonds. The molecule has 5 heteroatoms. The van der Waals surface area contributed by atoms with Gasteiger partial charge < -0.3 is 5.32 Å². The van der Waals surface area contributed by atoms with Crippen molar-refractivity contribution in [3.05, 3.63) is 93.4 Å². The Hall–Kier alpha value is -3.21. The zero-order valence-corrected chi connectivity index (χ0v) is 14.2. The zero-order chi connectivity index (χ0) is 17.8. The number of anilines is 1. The molecular formula is C20H19N3O2. The predicted molar refractivity (Wildman–Crippen MR) is 97.9 cm³/mol. The highest BCUT2D eigenvalue weighted by atomic mass is 16.2. The van der Waals surface area contributed by atoms with E-state index in [4.69, 9.17) is 0 Å². The van der Waals surface area contributed by atoms with E-state index in [2.05, 4.69) is 10.4 Å². The Labute approximate surface area is 145 Å². The molecule has 0 aliphatic rings. The first-order chi connectivity index (χ1) is 12.0. The van der Waals surface area contributed by atoms with Gasteiger partial charge in [-0.05, 0) is 37.6 Å². The number of carbonyl (C=O) groups is 1. The largest absolute Gasteiger partial charge is 0.321 e. The third kappa shape index (κ3) is 4.20. The summed E-state index contributed by atoms with van der Waals surface area (Å²) in [6, 6.07) is 18.2. The van der Waals surface area contributed by atoms with E-state index in [1.54, 1.807) is 0 Å². The Kier molecular flexibility index (Phi) is 4.75. The first-order valence-corrected chi connectivity index (χ1v) is 8.03. The van der Waals surface area contributed by atoms with Gasteiger partial charge in [0.1, 0.15) is 5.69 Å². The summed E-state index contributed by atoms with van der Waals surface area (Å²) in [5, 5.41) is 6.98. The van der Waals surface area contributed by atoms with E-state index < -0.39 is 0 Å². The number of hydrogen-bond donors (Lipinski definition) is 1. The predicted octanol–water partition coefficient (Wildman–Crippen LogP) is 3.16. The summed E-state index contributed by atoms with van der Waals surface area (Å²) in [5.41, 5.74) is 3.86. The van der Waals surface area contributed by atoms with Crippen molar-refractivity contribution in [3.63, 3.8) is 0 Å². The van der Waals surface area contributed by atoms with E-state index in [0.717, 1.165) is 16.7 Å². The Morgan fingerprint density at radius 1 is 0.920 bits per heavy atom. The molecule has 0 fully saturated rings. The number of rotatable bonds is 4. The molecular weight excluding hydrogens is 314 g/mol. The maximum atomic E-state index is 12.4. The molecule has 5 nitrogen and oxygen atoms in total. The number of benzene rings is 2. The van der Waals surface area contributed by atoms with Crippen LogP contribution in [0.4, 0.5) is 5.69 Å². The van der Waals surface area contributed by atoms with Gasteiger partial charge in [0, 0.05) is 11.8 Å². The van der Waals surface area contributed by atoms with Crippen molar-refractivity contribution in [1.29, 1.82) is 0 Å². The van der Waals surface area contributed by atoms with Crippen molar-refractivity contribution in [1.82, 2.24) is 9.78 Å². The number of aryl methyl sites for hydroxylation is 2. The smallest absolute Gasteiger partial charge is 0.276 e. The molecule has 0 bridgehead atoms. The third-order valence-electron chi connectivity index (χ3n) is 3.86. The molecule has 0 aliphatic heterocycles. The van der Waals surface area contributed by atoms with E-state index in [0.29, 0.717) is 12.2 Å². The fourth-order valence-electron chi connectivity index (χ4n) is 2.38. The zero-order valence-electron chi connectivity index (χ0n) is 14.2. The van der Waals surface area contributed by atoms with Crippen LogP contribution in [0, 0.1) is 13.8 Å². The van der Waals surface area contributed by atoms with Crippen LogP contribution in [0.25, 0.3) is 0 Å². The van der Waals surface area contributed by atoms with Gasteiger partial charge in [-0.15, -0.1) is 0 Å². The number of nitrogens with one attached hydrogen (secondary N) is 1. The van der Waals surface area contributed by atoms with E-state index in [1.165, 1.54) is 16.8 Å². The topological polar surface area (TPSA) is 64.0 Å². The summed E-state index contributed by atoms with van der Waals surface area (Å²) in [5.74, 6) is -0.346. The first kappa shape index (κ1) is 16.6. The van der Waals surface area contributed by atoms with Crippen LogP contribution in [-0.2, 0) is 6.54 Å². The molecule has 1 heterocycles. The van der Waals surface area contributed by atoms with Gasteiger partial charge in [-0.25, -0.2) is 4.68 Å². The van der Waals surface area contributed by atoms with E-state index in [-0.39, 0.29) is 17.2 Å². The maximum absolute atomic E-state index is 12.4. The van der Waals surface area contributed by atoms with Crippen molar-refractivity contribution in [2.45, 2.75) is 20.4 Å². The van der Waals surface area contributed by atoms with E-state index in [1.807, 2.05) is 62.4 Å². The summed E-state index contributed by atoms with van der Waals surface area (Å²) in [7, 11) is 0. The lowest BCUT2D eigenvalue weighted by Gasteiger charge is -2.08. The third-order valence-corrected chi connectivity index (χ3v) is 3.86. The summed E-state index contributed by atoms with van der Waals surface area (Å²) >= 11 is 0. The second kappa shape index (κ2) is 7.13. The summed E-state index contributed by atoms with van der Waals surface area (Å²) in [6.07, 6.45) is 0. The average molecular weight is 333 g/mol. The normalized spacial score (nSPS) is 10.5. The highest BCUT2D eigenvalue weighted by Crippen LogP contribution is 2.10. The minimum absolute atomic E-state index is 0.201. The van der Waals surface area contributed by atoms with Crippen LogP contribution in [0.5, 0.6) is 0 Å². The van der Waals surface area contributed by atoms with Crippen LogP contribution in [0.15, 0.2) is 65.5 Å². The summed E-state index contributed by atoms with van der Waals surface area (Å²) < 4.78 is 1.30. The van der Waals surface area contributed by atoms with Crippen LogP contribution >= 0.6 is 0 Å². The minimum atomic E-state index is -0.346. The second-order valence-electron chi connectivity index (χ2n) is 6.02. The SMILES string of the molecule is Cc1ccc(Cn2nc(C(=O)Nc3ccc(C)cc3)ccc2=O)cc1. The standard InChI is InChI=1S/C20H19N3O2/c1-14-3-7-16(8-4-14)13-23-19(24)12-11-18(22-23)20(25)21-17-9-5-15(2)6-10-17/h3-12H,13H2,1-2H3,(H,21,25). The van der Waals surface area contributed by atoms with Crippen LogP contribution in [0.1, 0.15) is 27.2 Å². The summed E-state index contributed by atoms with van der Waals surface area (Å²) in [4.78, 5) is 24.4. The lowest BCUT2D eigenvalue weighted by Crippen LogP contribution is -2.26. The number of nitrogens with zero attached hydrogens (tertiary/aromatic N) is 2. The Morgan fingerprint density at radius 3 is 2.16 bits per heavy atom. The van der Waals surface area contributed by atoms with Gasteiger partial charge >= 0.3 is 0 Å². The Balaban J connectivity index is 1.80. The van der Waals surface area contributed by atoms with Gasteiger partial charge in [0.05, 0.1) is 6.54 Å². The molecule has 2 aromatic carbocycles. The highest BCUT2D eigenvalue weighted by Gasteiger charge is 2.10. The first-order valence-electron chi connectivity index (χ1n) is 8.03. The van der Waals surface area contributed by atoms with Crippen molar-refractivity contribution < 1.29 is 4.79 Å². The molecule has 0 radical (unpaired) electrons. The van der Waals surface area contributed by atoms with Gasteiger partial charge in [-0.2, -0.15) is 5.10 Å². The lowest BCUT2D eigenvalue weighted by molar-refractivity contribution is 0.102. The van der Waals surface area contributed by atoms with Crippen LogP contribution in [0.2, 0.25) is 0 Å². The van der Waals surface area contributed by atoms with Gasteiger partial charge in [0.15, 0.2) is 0 Å². The van der Waals surface area contributed by atoms with Crippen molar-refractivity contribution >= 4 is 11.6 Å². The van der Waals surface area contributed by atoms with Gasteiger partial charge in [-0.1, -0.05) is 47.5 Å². The van der Waals surface area contributed by atoms with Gasteiger partial charge in [-0.3, -0.25) is 9.59 Å². The van der Waals surface area contributed by atoms with E-state index in [9.17, 15) is 9.59 Å². The molecule has 0 unspecified atom stereocenters. The van der Waals surface area contributed by atoms with E-state index >= 15 is 0 Å². The Bertz CT molecular complexity index is 942. The molecule has 126 valence electrons. The molecule has 0 atom stereocenters. The quantitative estimate of drug-likeness (QED) is 0.798. The van der Waals surface area contributed by atoms with Crippen molar-refractivity contribution in [2.24, 2.45) is 0 Å². The van der Waals surface area contributed by atoms with Gasteiger partial charge in [0.25, 0.3) is 11.5 Å². The van der Waals surface area contributed by atoms with Crippen molar-refractivity contribution in [3.8, 4) is 0 Å². The molecule has 0 saturated carbocycles. The highest BCUT2D eigenvalue weighted by molar-refractivity contribution is 6.02. The average Bonchev–Trinajstić information content (AvgIpc) is 2.60. The van der Waals surface area contributed by atoms with Crippen molar-refractivity contribution in [2.75, 3.05) is 5.32 Å². The van der Waals surface area contributed by atoms with Gasteiger partial charge in [0.2, 0.25) is 0 Å². The molecule has 0 saturated heterocycles. The molecule has 3 rings (SSSR count). The fourth-order valence-corrected chi connectivity index (χ4v) is 2.38. The number of amides is 1. The molecule has 25 heavy (non-hydrogen) atoms. The molecule has 3 aromatic rings. The maximum Gasteiger partial charge on any atom is 0.276 e. The van der Waals surface area contributed by atoms with Crippen LogP contribution in [-0.4, -0.2) is 15.7 Å². The molecule has 1 aromatic heterocycles.